The van der Waals surface area contributed by atoms with Gasteiger partial charge in [0.05, 0.1) is 6.04 Å². The highest BCUT2D eigenvalue weighted by atomic mass is 15.2. The molecule has 69 heavy (non-hydrogen) atoms. The van der Waals surface area contributed by atoms with Crippen LogP contribution in [0.2, 0.25) is 0 Å². The molecule has 2 heteroatoms. The molecule has 13 rings (SSSR count). The lowest BCUT2D eigenvalue weighted by Crippen LogP contribution is -2.52. The quantitative estimate of drug-likeness (QED) is 0.255. The Morgan fingerprint density at radius 1 is 0.783 bits per heavy atom. The highest BCUT2D eigenvalue weighted by Crippen LogP contribution is 2.66. The Morgan fingerprint density at radius 3 is 2.45 bits per heavy atom. The van der Waals surface area contributed by atoms with Crippen molar-refractivity contribution in [2.45, 2.75) is 182 Å². The zero-order valence-electron chi connectivity index (χ0n) is 43.9. The molecule has 2 nitrogen and oxygen atoms in total. The lowest BCUT2D eigenvalue weighted by atomic mass is 9.52. The van der Waals surface area contributed by atoms with E-state index in [-0.39, 0.29) is 16.2 Å². The van der Waals surface area contributed by atoms with E-state index >= 15 is 0 Å². The highest BCUT2D eigenvalue weighted by molar-refractivity contribution is 5.73. The Labute approximate surface area is 417 Å². The maximum atomic E-state index is 3.23. The van der Waals surface area contributed by atoms with Gasteiger partial charge >= 0.3 is 0 Å². The van der Waals surface area contributed by atoms with Crippen LogP contribution in [0, 0.1) is 59.2 Å². The summed E-state index contributed by atoms with van der Waals surface area (Å²) in [4.78, 5) is 6.14. The summed E-state index contributed by atoms with van der Waals surface area (Å²) in [5, 5.41) is 0. The van der Waals surface area contributed by atoms with Crippen LogP contribution in [0.15, 0.2) is 153 Å². The summed E-state index contributed by atoms with van der Waals surface area (Å²) in [5.74, 6) is 4.53. The molecule has 0 heterocycles. The van der Waals surface area contributed by atoms with Gasteiger partial charge in [-0.2, -0.15) is 0 Å². The first kappa shape index (κ1) is 44.6. The van der Waals surface area contributed by atoms with E-state index < -0.39 is 0 Å². The summed E-state index contributed by atoms with van der Waals surface area (Å²) < 4.78 is 0. The minimum Gasteiger partial charge on any atom is -0.364 e. The van der Waals surface area contributed by atoms with Gasteiger partial charge in [-0.1, -0.05) is 141 Å². The summed E-state index contributed by atoms with van der Waals surface area (Å²) in [7, 11) is 0. The lowest BCUT2D eigenvalue weighted by Gasteiger charge is -2.57. The van der Waals surface area contributed by atoms with E-state index in [0.717, 1.165) is 25.2 Å². The van der Waals surface area contributed by atoms with Crippen molar-refractivity contribution in [3.8, 4) is 0 Å². The number of rotatable bonds is 7. The number of hydrogen-bond acceptors (Lipinski definition) is 2. The van der Waals surface area contributed by atoms with Crippen LogP contribution in [0.4, 0.5) is 5.69 Å². The topological polar surface area (TPSA) is 6.48 Å². The second-order valence-electron chi connectivity index (χ2n) is 26.2. The second-order valence-corrected chi connectivity index (χ2v) is 26.2. The molecule has 11 aliphatic carbocycles. The van der Waals surface area contributed by atoms with E-state index in [0.29, 0.717) is 53.5 Å². The van der Waals surface area contributed by atoms with Gasteiger partial charge in [0.25, 0.3) is 0 Å². The molecule has 2 aromatic rings. The number of aryl methyl sites for hydroxylation is 1. The Kier molecular flexibility index (Phi) is 10.4. The standard InChI is InChI=1S/C67H82N2/c1-10-42-37-59(69(45-22-16-20-41(3)36-45)57-30-18-26-50-48-24-12-14-28-54(48)67(8,9)64(50)57)52-39-55-60-43(33-34-65(55,4)5)38-58(51-32-31-46(42)61(52)62(51)60)68(44-21-15-19-40(2)35-44)56-29-17-25-49-47-23-11-13-27-53(47)66(6,7)63(49)56/h12-14,16-17,20,22,24-25,27-28,30,36,38-40,42,44,47,50-51,53,56,62,64H,10-11,15,18-19,21,23,26,29,31-35,37H2,1-9H3. The zero-order valence-corrected chi connectivity index (χ0v) is 43.9. The van der Waals surface area contributed by atoms with E-state index in [1.807, 2.05) is 11.1 Å². The van der Waals surface area contributed by atoms with Crippen molar-refractivity contribution in [1.29, 1.82) is 0 Å². The first-order chi connectivity index (χ1) is 33.3. The second kappa shape index (κ2) is 16.1. The average Bonchev–Trinajstić information content (AvgIpc) is 3.73. The third-order valence-corrected chi connectivity index (χ3v) is 21.3. The molecule has 0 saturated heterocycles. The molecule has 0 spiro atoms. The van der Waals surface area contributed by atoms with E-state index in [4.69, 9.17) is 0 Å². The van der Waals surface area contributed by atoms with Gasteiger partial charge in [0, 0.05) is 46.6 Å². The van der Waals surface area contributed by atoms with Crippen molar-refractivity contribution >= 4 is 5.69 Å². The van der Waals surface area contributed by atoms with Gasteiger partial charge in [-0.15, -0.1) is 0 Å². The van der Waals surface area contributed by atoms with Gasteiger partial charge in [-0.25, -0.2) is 0 Å². The first-order valence-electron chi connectivity index (χ1n) is 28.4. The molecular formula is C67H82N2. The largest absolute Gasteiger partial charge is 0.364 e. The number of hydrogen-bond donors (Lipinski definition) is 0. The van der Waals surface area contributed by atoms with Crippen molar-refractivity contribution in [3.05, 3.63) is 169 Å². The van der Waals surface area contributed by atoms with Gasteiger partial charge in [0.15, 0.2) is 0 Å². The molecule has 0 radical (unpaired) electrons. The minimum absolute atomic E-state index is 0.0376. The van der Waals surface area contributed by atoms with Crippen LogP contribution in [0.3, 0.4) is 0 Å². The molecule has 0 N–H and O–H groups in total. The molecule has 360 valence electrons. The molecule has 11 aliphatic rings. The van der Waals surface area contributed by atoms with Crippen LogP contribution in [-0.4, -0.2) is 17.0 Å². The predicted molar refractivity (Wildman–Crippen MR) is 289 cm³/mol. The van der Waals surface area contributed by atoms with E-state index in [1.54, 1.807) is 61.7 Å². The summed E-state index contributed by atoms with van der Waals surface area (Å²) in [6.45, 7) is 23.0. The molecule has 10 atom stereocenters. The van der Waals surface area contributed by atoms with Crippen LogP contribution >= 0.6 is 0 Å². The molecule has 1 saturated carbocycles. The van der Waals surface area contributed by atoms with Crippen molar-refractivity contribution in [1.82, 2.24) is 4.90 Å². The van der Waals surface area contributed by atoms with Crippen molar-refractivity contribution in [2.24, 2.45) is 52.3 Å². The van der Waals surface area contributed by atoms with Crippen LogP contribution in [0.1, 0.15) is 174 Å². The Bertz CT molecular complexity index is 2800. The van der Waals surface area contributed by atoms with E-state index in [9.17, 15) is 0 Å². The molecular weight excluding hydrogens is 833 g/mol. The van der Waals surface area contributed by atoms with Gasteiger partial charge in [-0.05, 0) is 216 Å². The normalized spacial score (nSPS) is 35.1. The summed E-state index contributed by atoms with van der Waals surface area (Å²) in [5.41, 5.74) is 25.0. The number of fused-ring (bicyclic) bond motifs is 5. The Hall–Kier alpha value is -4.30. The number of benzene rings is 2. The summed E-state index contributed by atoms with van der Waals surface area (Å²) in [6.07, 6.45) is 37.6. The third-order valence-electron chi connectivity index (χ3n) is 21.3. The fraction of sp³-hybridized carbons (Fsp3) is 0.552. The van der Waals surface area contributed by atoms with Gasteiger partial charge < -0.3 is 9.80 Å². The van der Waals surface area contributed by atoms with Crippen LogP contribution in [-0.2, 0) is 5.41 Å². The molecule has 0 aromatic heterocycles. The number of allylic oxidation sites excluding steroid dienone is 16. The third kappa shape index (κ3) is 6.53. The van der Waals surface area contributed by atoms with Crippen molar-refractivity contribution < 1.29 is 0 Å². The van der Waals surface area contributed by atoms with Gasteiger partial charge in [0.1, 0.15) is 0 Å². The molecule has 0 aliphatic heterocycles. The molecule has 10 unspecified atom stereocenters. The Balaban J connectivity index is 1.01. The molecule has 0 bridgehead atoms. The fourth-order valence-electron chi connectivity index (χ4n) is 18.2. The average molecular weight is 915 g/mol. The fourth-order valence-corrected chi connectivity index (χ4v) is 18.2. The van der Waals surface area contributed by atoms with Gasteiger partial charge in [0.2, 0.25) is 0 Å². The highest BCUT2D eigenvalue weighted by Gasteiger charge is 2.56. The number of anilines is 1. The van der Waals surface area contributed by atoms with Crippen molar-refractivity contribution in [3.63, 3.8) is 0 Å². The molecule has 1 fully saturated rings. The smallest absolute Gasteiger partial charge is 0.0548 e. The van der Waals surface area contributed by atoms with Crippen LogP contribution < -0.4 is 4.90 Å². The number of nitrogens with zero attached hydrogens (tertiary/aromatic N) is 2. The van der Waals surface area contributed by atoms with E-state index in [2.05, 4.69) is 163 Å². The molecule has 0 amide bonds. The minimum atomic E-state index is 0.0376. The van der Waals surface area contributed by atoms with Gasteiger partial charge in [-0.3, -0.25) is 0 Å². The maximum Gasteiger partial charge on any atom is 0.0548 e. The first-order valence-corrected chi connectivity index (χ1v) is 28.4. The summed E-state index contributed by atoms with van der Waals surface area (Å²) in [6, 6.07) is 20.2. The van der Waals surface area contributed by atoms with E-state index in [1.165, 1.54) is 88.3 Å². The lowest BCUT2D eigenvalue weighted by molar-refractivity contribution is 0.104. The SMILES string of the molecule is CCC1CC(N(C2=CCCC3c4ccccc4C(C)(C)C23)c2cccc(C)c2)=C2C=C3C4=C(C=C(N(C5CCCC(C)C5)C5CC=CC6=C5C(C)(C)C5C=CCCC65)C5CCC1=C2C45)CCC3(C)C. The Morgan fingerprint density at radius 2 is 1.62 bits per heavy atom. The monoisotopic (exact) mass is 915 g/mol. The van der Waals surface area contributed by atoms with Crippen molar-refractivity contribution in [2.75, 3.05) is 4.90 Å². The van der Waals surface area contributed by atoms with Crippen LogP contribution in [0.5, 0.6) is 0 Å². The predicted octanol–water partition coefficient (Wildman–Crippen LogP) is 17.3. The zero-order chi connectivity index (χ0) is 47.3. The summed E-state index contributed by atoms with van der Waals surface area (Å²) >= 11 is 0. The van der Waals surface area contributed by atoms with Crippen LogP contribution in [0.25, 0.3) is 0 Å². The molecule has 2 aromatic carbocycles. The maximum absolute atomic E-state index is 3.23.